The number of halogens is 2. The second-order valence-electron chi connectivity index (χ2n) is 3.06. The number of hydrogen-bond donors (Lipinski definition) is 0. The van der Waals surface area contributed by atoms with Crippen LogP contribution in [-0.4, -0.2) is 17.9 Å². The Bertz CT molecular complexity index is 528. The van der Waals surface area contributed by atoms with Crippen molar-refractivity contribution >= 4 is 17.6 Å². The smallest absolute Gasteiger partial charge is 0.387 e. The van der Waals surface area contributed by atoms with Crippen molar-refractivity contribution in [3.8, 4) is 16.3 Å². The summed E-state index contributed by atoms with van der Waals surface area (Å²) in [6, 6.07) is 6.33. The Morgan fingerprint density at radius 2 is 2.12 bits per heavy atom. The van der Waals surface area contributed by atoms with E-state index < -0.39 is 6.61 Å². The van der Waals surface area contributed by atoms with Crippen molar-refractivity contribution in [3.63, 3.8) is 0 Å². The fourth-order valence-corrected chi connectivity index (χ4v) is 2.07. The molecule has 2 rings (SSSR count). The molecule has 0 fully saturated rings. The lowest BCUT2D eigenvalue weighted by Gasteiger charge is -2.07. The van der Waals surface area contributed by atoms with Crippen LogP contribution in [0, 0.1) is 0 Å². The van der Waals surface area contributed by atoms with Crippen molar-refractivity contribution in [1.29, 1.82) is 0 Å². The Kier molecular flexibility index (Phi) is 3.43. The topological polar surface area (TPSA) is 39.2 Å². The van der Waals surface area contributed by atoms with Gasteiger partial charge in [-0.25, -0.2) is 4.98 Å². The molecular formula is C11H7F2NO2S. The molecule has 0 aliphatic carbocycles. The molecule has 0 radical (unpaired) electrons. The number of para-hydroxylation sites is 1. The first-order valence-electron chi connectivity index (χ1n) is 4.66. The fraction of sp³-hybridized carbons (Fsp3) is 0.0909. The number of ether oxygens (including phenoxy) is 1. The summed E-state index contributed by atoms with van der Waals surface area (Å²) in [5, 5.41) is 0.475. The van der Waals surface area contributed by atoms with Crippen LogP contribution in [0.1, 0.15) is 9.67 Å². The van der Waals surface area contributed by atoms with E-state index in [0.29, 0.717) is 21.7 Å². The maximum atomic E-state index is 12.2. The van der Waals surface area contributed by atoms with E-state index in [1.807, 2.05) is 0 Å². The summed E-state index contributed by atoms with van der Waals surface area (Å²) < 4.78 is 28.8. The minimum absolute atomic E-state index is 0.0503. The number of carbonyl (C=O) groups is 1. The Hall–Kier alpha value is -1.82. The van der Waals surface area contributed by atoms with Gasteiger partial charge >= 0.3 is 6.61 Å². The van der Waals surface area contributed by atoms with E-state index in [-0.39, 0.29) is 5.75 Å². The highest BCUT2D eigenvalue weighted by Crippen LogP contribution is 2.33. The SMILES string of the molecule is O=Cc1cnc(-c2ccccc2OC(F)F)s1. The highest BCUT2D eigenvalue weighted by molar-refractivity contribution is 7.16. The Labute approximate surface area is 99.7 Å². The summed E-state index contributed by atoms with van der Waals surface area (Å²) in [5.74, 6) is 0.0503. The van der Waals surface area contributed by atoms with Crippen molar-refractivity contribution in [1.82, 2.24) is 4.98 Å². The van der Waals surface area contributed by atoms with Gasteiger partial charge in [-0.3, -0.25) is 4.79 Å². The maximum absolute atomic E-state index is 12.2. The van der Waals surface area contributed by atoms with E-state index in [1.165, 1.54) is 12.3 Å². The lowest BCUT2D eigenvalue weighted by atomic mass is 10.2. The Balaban J connectivity index is 2.40. The quantitative estimate of drug-likeness (QED) is 0.787. The van der Waals surface area contributed by atoms with Crippen LogP contribution in [0.15, 0.2) is 30.5 Å². The number of nitrogens with zero attached hydrogens (tertiary/aromatic N) is 1. The zero-order valence-corrected chi connectivity index (χ0v) is 9.29. The number of hydrogen-bond acceptors (Lipinski definition) is 4. The normalized spacial score (nSPS) is 10.5. The van der Waals surface area contributed by atoms with E-state index in [2.05, 4.69) is 9.72 Å². The number of rotatable bonds is 4. The average Bonchev–Trinajstić information content (AvgIpc) is 2.77. The third kappa shape index (κ3) is 2.65. The number of thiazole rings is 1. The molecule has 2 aromatic rings. The summed E-state index contributed by atoms with van der Waals surface area (Å²) in [6.45, 7) is -2.89. The van der Waals surface area contributed by atoms with E-state index in [4.69, 9.17) is 0 Å². The van der Waals surface area contributed by atoms with Gasteiger partial charge in [-0.15, -0.1) is 11.3 Å². The first-order chi connectivity index (χ1) is 8.20. The molecule has 6 heteroatoms. The molecule has 1 heterocycles. The number of benzene rings is 1. The van der Waals surface area contributed by atoms with E-state index >= 15 is 0 Å². The molecule has 0 N–H and O–H groups in total. The first-order valence-corrected chi connectivity index (χ1v) is 5.47. The van der Waals surface area contributed by atoms with Gasteiger partial charge < -0.3 is 4.74 Å². The number of alkyl halides is 2. The first kappa shape index (κ1) is 11.7. The Morgan fingerprint density at radius 3 is 2.76 bits per heavy atom. The van der Waals surface area contributed by atoms with E-state index in [9.17, 15) is 13.6 Å². The summed E-state index contributed by atoms with van der Waals surface area (Å²) in [4.78, 5) is 15.0. The van der Waals surface area contributed by atoms with Crippen LogP contribution in [0.2, 0.25) is 0 Å². The zero-order chi connectivity index (χ0) is 12.3. The van der Waals surface area contributed by atoms with Gasteiger partial charge in [0.05, 0.1) is 10.4 Å². The molecule has 0 aliphatic rings. The van der Waals surface area contributed by atoms with Crippen LogP contribution >= 0.6 is 11.3 Å². The highest BCUT2D eigenvalue weighted by atomic mass is 32.1. The number of aldehydes is 1. The molecule has 0 spiro atoms. The van der Waals surface area contributed by atoms with Crippen molar-refractivity contribution in [2.24, 2.45) is 0 Å². The molecule has 0 saturated carbocycles. The summed E-state index contributed by atoms with van der Waals surface area (Å²) in [6.07, 6.45) is 2.06. The second kappa shape index (κ2) is 5.01. The largest absolute Gasteiger partial charge is 0.434 e. The molecule has 17 heavy (non-hydrogen) atoms. The van der Waals surface area contributed by atoms with Crippen LogP contribution in [0.4, 0.5) is 8.78 Å². The summed E-state index contributed by atoms with van der Waals surface area (Å²) in [5.41, 5.74) is 0.450. The van der Waals surface area contributed by atoms with Gasteiger partial charge in [0, 0.05) is 6.20 Å². The molecule has 0 atom stereocenters. The zero-order valence-electron chi connectivity index (χ0n) is 8.47. The lowest BCUT2D eigenvalue weighted by molar-refractivity contribution is -0.0494. The lowest BCUT2D eigenvalue weighted by Crippen LogP contribution is -2.02. The number of carbonyl (C=O) groups excluding carboxylic acids is 1. The highest BCUT2D eigenvalue weighted by Gasteiger charge is 2.13. The van der Waals surface area contributed by atoms with Crippen LogP contribution < -0.4 is 4.74 Å². The van der Waals surface area contributed by atoms with Crippen LogP contribution in [0.3, 0.4) is 0 Å². The third-order valence-corrected chi connectivity index (χ3v) is 2.93. The summed E-state index contributed by atoms with van der Waals surface area (Å²) in [7, 11) is 0. The predicted octanol–water partition coefficient (Wildman–Crippen LogP) is 3.22. The molecule has 0 saturated heterocycles. The molecule has 0 amide bonds. The molecule has 88 valence electrons. The minimum Gasteiger partial charge on any atom is -0.434 e. The average molecular weight is 255 g/mol. The van der Waals surface area contributed by atoms with Crippen molar-refractivity contribution in [3.05, 3.63) is 35.3 Å². The fourth-order valence-electron chi connectivity index (χ4n) is 1.31. The second-order valence-corrected chi connectivity index (χ2v) is 4.12. The standard InChI is InChI=1S/C11H7F2NO2S/c12-11(13)16-9-4-2-1-3-8(9)10-14-5-7(6-15)17-10/h1-6,11H. The van der Waals surface area contributed by atoms with Crippen LogP contribution in [0.5, 0.6) is 5.75 Å². The van der Waals surface area contributed by atoms with Gasteiger partial charge in [0.1, 0.15) is 10.8 Å². The summed E-state index contributed by atoms with van der Waals surface area (Å²) >= 11 is 1.12. The molecule has 0 bridgehead atoms. The van der Waals surface area contributed by atoms with Gasteiger partial charge in [0.2, 0.25) is 0 Å². The van der Waals surface area contributed by atoms with Crippen molar-refractivity contribution in [2.45, 2.75) is 6.61 Å². The van der Waals surface area contributed by atoms with Gasteiger partial charge in [0.15, 0.2) is 6.29 Å². The Morgan fingerprint density at radius 1 is 1.35 bits per heavy atom. The van der Waals surface area contributed by atoms with Crippen LogP contribution in [-0.2, 0) is 0 Å². The third-order valence-electron chi connectivity index (χ3n) is 1.97. The van der Waals surface area contributed by atoms with Crippen LogP contribution in [0.25, 0.3) is 10.6 Å². The monoisotopic (exact) mass is 255 g/mol. The molecule has 0 unspecified atom stereocenters. The van der Waals surface area contributed by atoms with E-state index in [1.54, 1.807) is 18.2 Å². The van der Waals surface area contributed by atoms with Gasteiger partial charge in [-0.2, -0.15) is 8.78 Å². The minimum atomic E-state index is -2.89. The molecule has 1 aromatic heterocycles. The van der Waals surface area contributed by atoms with Gasteiger partial charge in [0.25, 0.3) is 0 Å². The van der Waals surface area contributed by atoms with Crippen molar-refractivity contribution in [2.75, 3.05) is 0 Å². The molecule has 1 aromatic carbocycles. The van der Waals surface area contributed by atoms with Crippen molar-refractivity contribution < 1.29 is 18.3 Å². The number of aromatic nitrogens is 1. The molecular weight excluding hydrogens is 248 g/mol. The van der Waals surface area contributed by atoms with Gasteiger partial charge in [-0.1, -0.05) is 12.1 Å². The van der Waals surface area contributed by atoms with E-state index in [0.717, 1.165) is 11.3 Å². The van der Waals surface area contributed by atoms with Gasteiger partial charge in [-0.05, 0) is 12.1 Å². The maximum Gasteiger partial charge on any atom is 0.387 e. The molecule has 0 aliphatic heterocycles. The molecule has 3 nitrogen and oxygen atoms in total. The predicted molar refractivity (Wildman–Crippen MR) is 59.6 cm³/mol.